The minimum absolute atomic E-state index is 0.102. The third-order valence-electron chi connectivity index (χ3n) is 5.64. The van der Waals surface area contributed by atoms with E-state index in [9.17, 15) is 18.3 Å². The van der Waals surface area contributed by atoms with Crippen molar-refractivity contribution in [1.29, 1.82) is 0 Å². The highest BCUT2D eigenvalue weighted by Crippen LogP contribution is 2.40. The molecule has 166 valence electrons. The number of thioether (sulfide) groups is 1. The number of halogens is 3. The highest BCUT2D eigenvalue weighted by Gasteiger charge is 2.35. The fraction of sp³-hybridized carbons (Fsp3) is 0.435. The van der Waals surface area contributed by atoms with Crippen LogP contribution in [0.15, 0.2) is 47.5 Å². The summed E-state index contributed by atoms with van der Waals surface area (Å²) in [6.07, 6.45) is 0.669. The first kappa shape index (κ1) is 22.2. The van der Waals surface area contributed by atoms with Crippen LogP contribution in [0.5, 0.6) is 0 Å². The number of alkyl halides is 3. The number of benzene rings is 2. The number of ether oxygens (including phenoxy) is 1. The molecular formula is C23H25F3N2O2S. The summed E-state index contributed by atoms with van der Waals surface area (Å²) in [6, 6.07) is 11.4. The van der Waals surface area contributed by atoms with Crippen molar-refractivity contribution in [2.24, 2.45) is 4.99 Å². The Morgan fingerprint density at radius 3 is 2.61 bits per heavy atom. The lowest BCUT2D eigenvalue weighted by molar-refractivity contribution is -0.137. The highest BCUT2D eigenvalue weighted by atomic mass is 32.2. The summed E-state index contributed by atoms with van der Waals surface area (Å²) in [5.74, 6) is 0.798. The van der Waals surface area contributed by atoms with E-state index in [1.54, 1.807) is 22.9 Å². The highest BCUT2D eigenvalue weighted by molar-refractivity contribution is 7.97. The molecule has 1 heterocycles. The van der Waals surface area contributed by atoms with E-state index < -0.39 is 18.1 Å². The van der Waals surface area contributed by atoms with E-state index in [0.717, 1.165) is 23.1 Å². The van der Waals surface area contributed by atoms with E-state index in [0.29, 0.717) is 36.9 Å². The number of nitrogens with zero attached hydrogens (tertiary/aromatic N) is 2. The Hall–Kier alpha value is -2.03. The quantitative estimate of drug-likeness (QED) is 0.631. The predicted molar refractivity (Wildman–Crippen MR) is 118 cm³/mol. The van der Waals surface area contributed by atoms with Gasteiger partial charge in [0.15, 0.2) is 0 Å². The van der Waals surface area contributed by atoms with Gasteiger partial charge in [-0.05, 0) is 61.8 Å². The van der Waals surface area contributed by atoms with Crippen molar-refractivity contribution >= 4 is 29.4 Å². The molecule has 0 aromatic heterocycles. The number of rotatable bonds is 5. The summed E-state index contributed by atoms with van der Waals surface area (Å²) in [7, 11) is 0. The summed E-state index contributed by atoms with van der Waals surface area (Å²) in [6.45, 7) is 0. The molecule has 31 heavy (non-hydrogen) atoms. The van der Waals surface area contributed by atoms with Crippen LogP contribution >= 0.6 is 11.8 Å². The zero-order valence-electron chi connectivity index (χ0n) is 17.2. The molecule has 2 aliphatic rings. The van der Waals surface area contributed by atoms with Crippen molar-refractivity contribution in [2.75, 3.05) is 11.2 Å². The second kappa shape index (κ2) is 9.22. The minimum Gasteiger partial charge on any atom is -0.393 e. The molecule has 8 heteroatoms. The Labute approximate surface area is 184 Å². The molecule has 4 nitrogen and oxygen atoms in total. The number of hydrogen-bond acceptors (Lipinski definition) is 5. The van der Waals surface area contributed by atoms with Gasteiger partial charge in [-0.15, -0.1) is 0 Å². The van der Waals surface area contributed by atoms with Crippen LogP contribution in [0.25, 0.3) is 0 Å². The molecule has 1 N–H and O–H groups in total. The zero-order valence-corrected chi connectivity index (χ0v) is 18.0. The summed E-state index contributed by atoms with van der Waals surface area (Å²) in [5, 5.41) is 9.78. The van der Waals surface area contributed by atoms with Crippen molar-refractivity contribution < 1.29 is 23.0 Å². The fourth-order valence-electron chi connectivity index (χ4n) is 4.05. The first-order valence-corrected chi connectivity index (χ1v) is 11.7. The van der Waals surface area contributed by atoms with Gasteiger partial charge in [-0.3, -0.25) is 4.90 Å². The molecule has 4 rings (SSSR count). The molecule has 2 aromatic carbocycles. The monoisotopic (exact) mass is 450 g/mol. The molecule has 0 amide bonds. The largest absolute Gasteiger partial charge is 0.416 e. The molecule has 1 fully saturated rings. The Bertz CT molecular complexity index is 943. The standard InChI is InChI=1S/C23H25F3N2O2S/c1-31-14-15-3-2-4-18(11-15)28-21-12-17(23(24,25)26)6-5-16(21)13-27-22(28)30-20-9-7-19(29)8-10-20/h2-6,11-13,19-20,22,29H,7-10,14H2,1H3/t19-,20+,22?. The van der Waals surface area contributed by atoms with Crippen LogP contribution in [-0.2, 0) is 16.7 Å². The lowest BCUT2D eigenvalue weighted by Gasteiger charge is -2.38. The van der Waals surface area contributed by atoms with E-state index in [4.69, 9.17) is 4.74 Å². The van der Waals surface area contributed by atoms with Crippen LogP contribution in [0.3, 0.4) is 0 Å². The molecule has 0 bridgehead atoms. The molecule has 0 saturated heterocycles. The van der Waals surface area contributed by atoms with Gasteiger partial charge < -0.3 is 9.84 Å². The Balaban J connectivity index is 1.73. The van der Waals surface area contributed by atoms with Crippen molar-refractivity contribution in [3.8, 4) is 0 Å². The topological polar surface area (TPSA) is 45.1 Å². The number of aliphatic hydroxyl groups is 1. The summed E-state index contributed by atoms with van der Waals surface area (Å²) >= 11 is 1.68. The molecule has 0 radical (unpaired) electrons. The van der Waals surface area contributed by atoms with Gasteiger partial charge in [0, 0.05) is 23.2 Å². The fourth-order valence-corrected chi connectivity index (χ4v) is 4.56. The molecule has 2 aromatic rings. The van der Waals surface area contributed by atoms with E-state index in [1.807, 2.05) is 30.5 Å². The number of aliphatic imine (C=N–C) groups is 1. The van der Waals surface area contributed by atoms with Gasteiger partial charge in [0.2, 0.25) is 6.35 Å². The maximum atomic E-state index is 13.4. The molecule has 1 unspecified atom stereocenters. The maximum absolute atomic E-state index is 13.4. The molecular weight excluding hydrogens is 425 g/mol. The van der Waals surface area contributed by atoms with E-state index in [-0.39, 0.29) is 12.2 Å². The van der Waals surface area contributed by atoms with E-state index >= 15 is 0 Å². The average molecular weight is 451 g/mol. The van der Waals surface area contributed by atoms with E-state index in [2.05, 4.69) is 4.99 Å². The third kappa shape index (κ3) is 5.07. The number of hydrogen-bond donors (Lipinski definition) is 1. The lowest BCUT2D eigenvalue weighted by atomic mass is 9.95. The van der Waals surface area contributed by atoms with Gasteiger partial charge >= 0.3 is 6.18 Å². The van der Waals surface area contributed by atoms with Gasteiger partial charge in [0.25, 0.3) is 0 Å². The van der Waals surface area contributed by atoms with Gasteiger partial charge in [0.1, 0.15) is 0 Å². The summed E-state index contributed by atoms with van der Waals surface area (Å²) < 4.78 is 46.6. The minimum atomic E-state index is -4.44. The second-order valence-electron chi connectivity index (χ2n) is 7.92. The molecule has 1 atom stereocenters. The summed E-state index contributed by atoms with van der Waals surface area (Å²) in [4.78, 5) is 6.29. The maximum Gasteiger partial charge on any atom is 0.416 e. The first-order chi connectivity index (χ1) is 14.8. The number of anilines is 2. The van der Waals surface area contributed by atoms with Crippen molar-refractivity contribution in [1.82, 2.24) is 0 Å². The van der Waals surface area contributed by atoms with E-state index in [1.165, 1.54) is 12.1 Å². The smallest absolute Gasteiger partial charge is 0.393 e. The summed E-state index contributed by atoms with van der Waals surface area (Å²) in [5.41, 5.74) is 2.15. The third-order valence-corrected chi connectivity index (χ3v) is 6.26. The van der Waals surface area contributed by atoms with Crippen LogP contribution in [0.1, 0.15) is 42.4 Å². The first-order valence-electron chi connectivity index (χ1n) is 10.3. The zero-order chi connectivity index (χ0) is 22.0. The van der Waals surface area contributed by atoms with Crippen molar-refractivity contribution in [3.05, 3.63) is 59.2 Å². The molecule has 1 saturated carbocycles. The SMILES string of the molecule is CSCc1cccc(N2c3cc(C(F)(F)F)ccc3C=NC2O[C@H]2CC[C@@H](O)CC2)c1. The molecule has 1 aliphatic heterocycles. The van der Waals surface area contributed by atoms with Crippen LogP contribution < -0.4 is 4.90 Å². The lowest BCUT2D eigenvalue weighted by Crippen LogP contribution is -2.39. The van der Waals surface area contributed by atoms with Crippen LogP contribution in [0.4, 0.5) is 24.5 Å². The van der Waals surface area contributed by atoms with Gasteiger partial charge in [-0.2, -0.15) is 24.9 Å². The Morgan fingerprint density at radius 2 is 1.90 bits per heavy atom. The number of aliphatic hydroxyl groups excluding tert-OH is 1. The van der Waals surface area contributed by atoms with Crippen LogP contribution in [0, 0.1) is 0 Å². The van der Waals surface area contributed by atoms with Crippen molar-refractivity contribution in [2.45, 2.75) is 56.2 Å². The Kier molecular flexibility index (Phi) is 6.60. The predicted octanol–water partition coefficient (Wildman–Crippen LogP) is 5.74. The van der Waals surface area contributed by atoms with Crippen LogP contribution in [0.2, 0.25) is 0 Å². The molecule has 1 aliphatic carbocycles. The van der Waals surface area contributed by atoms with Crippen LogP contribution in [-0.4, -0.2) is 36.1 Å². The van der Waals surface area contributed by atoms with Gasteiger partial charge in [-0.1, -0.05) is 18.2 Å². The average Bonchev–Trinajstić information content (AvgIpc) is 2.74. The second-order valence-corrected chi connectivity index (χ2v) is 8.78. The van der Waals surface area contributed by atoms with Gasteiger partial charge in [0.05, 0.1) is 23.5 Å². The Morgan fingerprint density at radius 1 is 1.13 bits per heavy atom. The van der Waals surface area contributed by atoms with Gasteiger partial charge in [-0.25, -0.2) is 4.99 Å². The van der Waals surface area contributed by atoms with Crippen molar-refractivity contribution in [3.63, 3.8) is 0 Å². The number of fused-ring (bicyclic) bond motifs is 1. The molecule has 0 spiro atoms. The normalized spacial score (nSPS) is 23.6.